The van der Waals surface area contributed by atoms with E-state index in [1.807, 2.05) is 38.2 Å². The third-order valence-electron chi connectivity index (χ3n) is 2.82. The van der Waals surface area contributed by atoms with E-state index >= 15 is 0 Å². The Hall–Kier alpha value is -2.44. The summed E-state index contributed by atoms with van der Waals surface area (Å²) in [6.07, 6.45) is 3.62. The number of anilines is 3. The van der Waals surface area contributed by atoms with Crippen LogP contribution in [-0.4, -0.2) is 41.1 Å². The zero-order chi connectivity index (χ0) is 14.5. The van der Waals surface area contributed by atoms with Crippen LogP contribution in [0, 0.1) is 6.92 Å². The molecule has 0 spiro atoms. The van der Waals surface area contributed by atoms with Crippen LogP contribution in [0.5, 0.6) is 0 Å². The number of hydrogen-bond acceptors (Lipinski definition) is 7. The Morgan fingerprint density at radius 3 is 2.55 bits per heavy atom. The fraction of sp³-hybridized carbons (Fsp3) is 0.385. The van der Waals surface area contributed by atoms with E-state index in [1.54, 1.807) is 13.2 Å². The first-order valence-electron chi connectivity index (χ1n) is 6.34. The molecule has 7 heteroatoms. The Morgan fingerprint density at radius 1 is 1.15 bits per heavy atom. The maximum atomic E-state index is 4.36. The summed E-state index contributed by atoms with van der Waals surface area (Å²) >= 11 is 0. The molecule has 0 saturated heterocycles. The van der Waals surface area contributed by atoms with Gasteiger partial charge in [-0.1, -0.05) is 0 Å². The van der Waals surface area contributed by atoms with Crippen molar-refractivity contribution in [1.29, 1.82) is 0 Å². The second-order valence-corrected chi connectivity index (χ2v) is 4.58. The van der Waals surface area contributed by atoms with E-state index in [2.05, 4.69) is 30.6 Å². The van der Waals surface area contributed by atoms with Crippen LogP contribution in [0.3, 0.4) is 0 Å². The lowest BCUT2D eigenvalue weighted by Crippen LogP contribution is -2.16. The van der Waals surface area contributed by atoms with Crippen LogP contribution in [0.2, 0.25) is 0 Å². The first-order chi connectivity index (χ1) is 9.60. The van der Waals surface area contributed by atoms with E-state index in [1.165, 1.54) is 0 Å². The van der Waals surface area contributed by atoms with E-state index in [9.17, 15) is 0 Å². The Morgan fingerprint density at radius 2 is 1.90 bits per heavy atom. The second-order valence-electron chi connectivity index (χ2n) is 4.58. The van der Waals surface area contributed by atoms with Gasteiger partial charge in [-0.05, 0) is 24.1 Å². The highest BCUT2D eigenvalue weighted by Crippen LogP contribution is 2.13. The van der Waals surface area contributed by atoms with Crippen molar-refractivity contribution < 1.29 is 0 Å². The molecular formula is C13H19N7. The molecule has 0 bridgehead atoms. The molecular weight excluding hydrogens is 254 g/mol. The molecule has 0 fully saturated rings. The zero-order valence-corrected chi connectivity index (χ0v) is 12.2. The van der Waals surface area contributed by atoms with Crippen LogP contribution in [-0.2, 0) is 6.54 Å². The average molecular weight is 273 g/mol. The van der Waals surface area contributed by atoms with Crippen LogP contribution in [0.15, 0.2) is 18.5 Å². The third-order valence-corrected chi connectivity index (χ3v) is 2.82. The fourth-order valence-electron chi connectivity index (χ4n) is 1.63. The number of aromatic nitrogens is 4. The van der Waals surface area contributed by atoms with E-state index in [0.717, 1.165) is 11.1 Å². The van der Waals surface area contributed by atoms with Gasteiger partial charge in [0.25, 0.3) is 0 Å². The van der Waals surface area contributed by atoms with Gasteiger partial charge < -0.3 is 15.5 Å². The van der Waals surface area contributed by atoms with E-state index in [4.69, 9.17) is 0 Å². The van der Waals surface area contributed by atoms with Crippen LogP contribution in [0.1, 0.15) is 11.1 Å². The van der Waals surface area contributed by atoms with Gasteiger partial charge in [-0.3, -0.25) is 4.98 Å². The largest absolute Gasteiger partial charge is 0.357 e. The summed E-state index contributed by atoms with van der Waals surface area (Å²) in [6.45, 7) is 2.68. The van der Waals surface area contributed by atoms with Crippen molar-refractivity contribution in [2.24, 2.45) is 0 Å². The van der Waals surface area contributed by atoms with Gasteiger partial charge in [0.2, 0.25) is 17.8 Å². The summed E-state index contributed by atoms with van der Waals surface area (Å²) < 4.78 is 0. The van der Waals surface area contributed by atoms with Gasteiger partial charge >= 0.3 is 0 Å². The summed E-state index contributed by atoms with van der Waals surface area (Å²) in [6, 6.07) is 1.98. The van der Waals surface area contributed by atoms with Crippen LogP contribution >= 0.6 is 0 Å². The Balaban J connectivity index is 2.17. The van der Waals surface area contributed by atoms with Crippen LogP contribution < -0.4 is 15.5 Å². The monoisotopic (exact) mass is 273 g/mol. The molecule has 2 N–H and O–H groups in total. The van der Waals surface area contributed by atoms with Gasteiger partial charge in [0, 0.05) is 40.1 Å². The molecule has 0 aliphatic rings. The molecule has 2 rings (SSSR count). The minimum absolute atomic E-state index is 0.539. The Kier molecular flexibility index (Phi) is 4.29. The number of nitrogens with one attached hydrogen (secondary N) is 2. The van der Waals surface area contributed by atoms with Gasteiger partial charge in [0.15, 0.2) is 0 Å². The molecule has 0 saturated carbocycles. The maximum Gasteiger partial charge on any atom is 0.231 e. The molecule has 2 heterocycles. The van der Waals surface area contributed by atoms with Crippen molar-refractivity contribution in [3.8, 4) is 0 Å². The highest BCUT2D eigenvalue weighted by molar-refractivity contribution is 5.43. The number of nitrogens with zero attached hydrogens (tertiary/aromatic N) is 5. The summed E-state index contributed by atoms with van der Waals surface area (Å²) in [5, 5.41) is 6.15. The Labute approximate surface area is 118 Å². The van der Waals surface area contributed by atoms with Gasteiger partial charge in [0.05, 0.1) is 0 Å². The number of pyridine rings is 1. The lowest BCUT2D eigenvalue weighted by molar-refractivity contribution is 0.941. The average Bonchev–Trinajstić information content (AvgIpc) is 2.46. The fourth-order valence-corrected chi connectivity index (χ4v) is 1.63. The van der Waals surface area contributed by atoms with Gasteiger partial charge in [-0.2, -0.15) is 15.0 Å². The Bertz CT molecular complexity index is 583. The molecule has 0 amide bonds. The molecule has 0 aliphatic heterocycles. The summed E-state index contributed by atoms with van der Waals surface area (Å²) in [4.78, 5) is 18.8. The first-order valence-corrected chi connectivity index (χ1v) is 6.34. The van der Waals surface area contributed by atoms with Crippen LogP contribution in [0.4, 0.5) is 17.8 Å². The number of rotatable bonds is 5. The lowest BCUT2D eigenvalue weighted by Gasteiger charge is -2.13. The standard InChI is InChI=1S/C13H19N7/c1-9-7-15-6-5-10(9)8-16-12-17-11(14-2)18-13(19-12)20(3)4/h5-7H,8H2,1-4H3,(H2,14,16,17,18,19). The predicted molar refractivity (Wildman–Crippen MR) is 80.0 cm³/mol. The molecule has 20 heavy (non-hydrogen) atoms. The maximum absolute atomic E-state index is 4.36. The predicted octanol–water partition coefficient (Wildman–Crippen LogP) is 1.29. The van der Waals surface area contributed by atoms with Gasteiger partial charge in [-0.15, -0.1) is 0 Å². The second kappa shape index (κ2) is 6.14. The van der Waals surface area contributed by atoms with Crippen molar-refractivity contribution in [1.82, 2.24) is 19.9 Å². The molecule has 0 radical (unpaired) electrons. The lowest BCUT2D eigenvalue weighted by atomic mass is 10.1. The van der Waals surface area contributed by atoms with E-state index < -0.39 is 0 Å². The third kappa shape index (κ3) is 3.31. The molecule has 7 nitrogen and oxygen atoms in total. The molecule has 106 valence electrons. The van der Waals surface area contributed by atoms with Gasteiger partial charge in [-0.25, -0.2) is 0 Å². The zero-order valence-electron chi connectivity index (χ0n) is 12.2. The molecule has 0 atom stereocenters. The van der Waals surface area contributed by atoms with Crippen molar-refractivity contribution in [3.63, 3.8) is 0 Å². The molecule has 0 aliphatic carbocycles. The highest BCUT2D eigenvalue weighted by Gasteiger charge is 2.07. The van der Waals surface area contributed by atoms with E-state index in [0.29, 0.717) is 24.4 Å². The topological polar surface area (TPSA) is 78.9 Å². The smallest absolute Gasteiger partial charge is 0.231 e. The van der Waals surface area contributed by atoms with Crippen LogP contribution in [0.25, 0.3) is 0 Å². The normalized spacial score (nSPS) is 10.2. The SMILES string of the molecule is CNc1nc(NCc2ccncc2C)nc(N(C)C)n1. The van der Waals surface area contributed by atoms with E-state index in [-0.39, 0.29) is 0 Å². The van der Waals surface area contributed by atoms with Crippen molar-refractivity contribution in [2.45, 2.75) is 13.5 Å². The number of hydrogen-bond donors (Lipinski definition) is 2. The molecule has 2 aromatic rings. The molecule has 0 aromatic carbocycles. The summed E-state index contributed by atoms with van der Waals surface area (Å²) in [7, 11) is 5.57. The first kappa shape index (κ1) is 14.0. The minimum Gasteiger partial charge on any atom is -0.357 e. The number of aryl methyl sites for hydroxylation is 1. The minimum atomic E-state index is 0.539. The highest BCUT2D eigenvalue weighted by atomic mass is 15.3. The molecule has 0 unspecified atom stereocenters. The molecule has 2 aromatic heterocycles. The van der Waals surface area contributed by atoms with Crippen molar-refractivity contribution >= 4 is 17.8 Å². The van der Waals surface area contributed by atoms with Crippen molar-refractivity contribution in [3.05, 3.63) is 29.6 Å². The van der Waals surface area contributed by atoms with Gasteiger partial charge in [0.1, 0.15) is 0 Å². The van der Waals surface area contributed by atoms with Crippen molar-refractivity contribution in [2.75, 3.05) is 36.7 Å². The summed E-state index contributed by atoms with van der Waals surface area (Å²) in [5.74, 6) is 1.69. The quantitative estimate of drug-likeness (QED) is 0.850. The summed E-state index contributed by atoms with van der Waals surface area (Å²) in [5.41, 5.74) is 2.30.